The van der Waals surface area contributed by atoms with Crippen LogP contribution in [0.15, 0.2) is 23.4 Å². The lowest BCUT2D eigenvalue weighted by Crippen LogP contribution is -2.39. The summed E-state index contributed by atoms with van der Waals surface area (Å²) in [4.78, 5) is 4.14. The predicted molar refractivity (Wildman–Crippen MR) is 90.4 cm³/mol. The minimum Gasteiger partial charge on any atom is -0.384 e. The standard InChI is InChI=1S/C14H25N3O2S2/c1-5-14(6-2,20-4)11-17-21(18,19)13-10-15-9-8-12(13)16-7-3/h8-10,17H,5-7,11H2,1-4H3,(H,15,16). The highest BCUT2D eigenvalue weighted by molar-refractivity contribution is 8.00. The monoisotopic (exact) mass is 331 g/mol. The summed E-state index contributed by atoms with van der Waals surface area (Å²) in [5.74, 6) is 0. The molecular weight excluding hydrogens is 306 g/mol. The summed E-state index contributed by atoms with van der Waals surface area (Å²) >= 11 is 1.71. The number of rotatable bonds is 9. The fourth-order valence-electron chi connectivity index (χ4n) is 2.10. The van der Waals surface area contributed by atoms with Crippen molar-refractivity contribution >= 4 is 27.5 Å². The Balaban J connectivity index is 2.97. The minimum absolute atomic E-state index is 0.0619. The van der Waals surface area contributed by atoms with Crippen molar-refractivity contribution in [1.29, 1.82) is 0 Å². The Kier molecular flexibility index (Phi) is 6.96. The number of aromatic nitrogens is 1. The molecule has 0 fully saturated rings. The quantitative estimate of drug-likeness (QED) is 0.728. The van der Waals surface area contributed by atoms with Gasteiger partial charge in [0.15, 0.2) is 0 Å². The van der Waals surface area contributed by atoms with Gasteiger partial charge in [0.1, 0.15) is 4.90 Å². The van der Waals surface area contributed by atoms with Crippen molar-refractivity contribution in [2.24, 2.45) is 0 Å². The van der Waals surface area contributed by atoms with E-state index in [1.54, 1.807) is 24.0 Å². The fraction of sp³-hybridized carbons (Fsp3) is 0.643. The topological polar surface area (TPSA) is 71.1 Å². The number of anilines is 1. The Morgan fingerprint density at radius 2 is 1.95 bits per heavy atom. The van der Waals surface area contributed by atoms with Crippen molar-refractivity contribution in [2.45, 2.75) is 43.3 Å². The average molecular weight is 332 g/mol. The third-order valence-corrected chi connectivity index (χ3v) is 6.76. The van der Waals surface area contributed by atoms with E-state index in [4.69, 9.17) is 0 Å². The molecule has 0 spiro atoms. The zero-order valence-corrected chi connectivity index (χ0v) is 14.8. The van der Waals surface area contributed by atoms with E-state index in [1.807, 2.05) is 13.2 Å². The lowest BCUT2D eigenvalue weighted by atomic mass is 10.0. The van der Waals surface area contributed by atoms with Crippen LogP contribution in [0.1, 0.15) is 33.6 Å². The molecule has 0 atom stereocenters. The SMILES string of the molecule is CCNc1ccncc1S(=O)(=O)NCC(CC)(CC)SC. The predicted octanol–water partition coefficient (Wildman–Crippen LogP) is 2.71. The largest absolute Gasteiger partial charge is 0.384 e. The van der Waals surface area contributed by atoms with Crippen LogP contribution in [-0.2, 0) is 10.0 Å². The van der Waals surface area contributed by atoms with Gasteiger partial charge in [-0.2, -0.15) is 11.8 Å². The summed E-state index contributed by atoms with van der Waals surface area (Å²) in [7, 11) is -3.56. The average Bonchev–Trinajstić information content (AvgIpc) is 2.50. The van der Waals surface area contributed by atoms with Crippen LogP contribution in [0.4, 0.5) is 5.69 Å². The number of sulfonamides is 1. The summed E-state index contributed by atoms with van der Waals surface area (Å²) in [6.45, 7) is 7.18. The highest BCUT2D eigenvalue weighted by atomic mass is 32.2. The first-order valence-electron chi connectivity index (χ1n) is 7.17. The van der Waals surface area contributed by atoms with E-state index in [-0.39, 0.29) is 9.64 Å². The Labute approximate surface area is 132 Å². The maximum absolute atomic E-state index is 12.5. The first-order valence-corrected chi connectivity index (χ1v) is 9.88. The Morgan fingerprint density at radius 1 is 1.29 bits per heavy atom. The summed E-state index contributed by atoms with van der Waals surface area (Å²) in [6, 6.07) is 1.68. The molecule has 0 aliphatic carbocycles. The molecule has 0 bridgehead atoms. The molecule has 0 aliphatic rings. The highest BCUT2D eigenvalue weighted by Gasteiger charge is 2.28. The van der Waals surface area contributed by atoms with Gasteiger partial charge in [-0.05, 0) is 32.1 Å². The molecule has 7 heteroatoms. The lowest BCUT2D eigenvalue weighted by Gasteiger charge is -2.29. The van der Waals surface area contributed by atoms with Crippen LogP contribution in [0, 0.1) is 0 Å². The van der Waals surface area contributed by atoms with Crippen molar-refractivity contribution in [1.82, 2.24) is 9.71 Å². The van der Waals surface area contributed by atoms with Crippen molar-refractivity contribution in [3.8, 4) is 0 Å². The zero-order valence-electron chi connectivity index (χ0n) is 13.1. The van der Waals surface area contributed by atoms with Gasteiger partial charge in [0, 0.05) is 30.2 Å². The number of hydrogen-bond acceptors (Lipinski definition) is 5. The van der Waals surface area contributed by atoms with Crippen LogP contribution < -0.4 is 10.0 Å². The summed E-state index contributed by atoms with van der Waals surface area (Å²) < 4.78 is 27.7. The van der Waals surface area contributed by atoms with Crippen LogP contribution in [0.2, 0.25) is 0 Å². The van der Waals surface area contributed by atoms with Crippen LogP contribution >= 0.6 is 11.8 Å². The second-order valence-electron chi connectivity index (χ2n) is 4.82. The van der Waals surface area contributed by atoms with E-state index < -0.39 is 10.0 Å². The van der Waals surface area contributed by atoms with E-state index in [2.05, 4.69) is 28.9 Å². The first kappa shape index (κ1) is 18.3. The molecule has 0 saturated heterocycles. The molecular formula is C14H25N3O2S2. The molecule has 1 rings (SSSR count). The maximum atomic E-state index is 12.5. The molecule has 0 aromatic carbocycles. The number of nitrogens with zero attached hydrogens (tertiary/aromatic N) is 1. The summed E-state index contributed by atoms with van der Waals surface area (Å²) in [6.07, 6.45) is 6.83. The van der Waals surface area contributed by atoms with Crippen LogP contribution in [-0.4, -0.2) is 37.5 Å². The van der Waals surface area contributed by atoms with Gasteiger partial charge >= 0.3 is 0 Å². The summed E-state index contributed by atoms with van der Waals surface area (Å²) in [5, 5.41) is 3.06. The van der Waals surface area contributed by atoms with Gasteiger partial charge in [-0.25, -0.2) is 13.1 Å². The second-order valence-corrected chi connectivity index (χ2v) is 7.83. The van der Waals surface area contributed by atoms with Crippen molar-refractivity contribution < 1.29 is 8.42 Å². The van der Waals surface area contributed by atoms with E-state index in [0.717, 1.165) is 12.8 Å². The Bertz CT molecular complexity index is 535. The molecule has 1 heterocycles. The van der Waals surface area contributed by atoms with Crippen LogP contribution in [0.3, 0.4) is 0 Å². The van der Waals surface area contributed by atoms with E-state index >= 15 is 0 Å². The smallest absolute Gasteiger partial charge is 0.244 e. The van der Waals surface area contributed by atoms with E-state index in [1.165, 1.54) is 6.20 Å². The van der Waals surface area contributed by atoms with Gasteiger partial charge < -0.3 is 5.32 Å². The van der Waals surface area contributed by atoms with Gasteiger partial charge in [-0.15, -0.1) is 0 Å². The minimum atomic E-state index is -3.56. The van der Waals surface area contributed by atoms with Crippen LogP contribution in [0.5, 0.6) is 0 Å². The molecule has 0 unspecified atom stereocenters. The third-order valence-electron chi connectivity index (χ3n) is 3.75. The molecule has 0 amide bonds. The molecule has 0 aliphatic heterocycles. The third kappa shape index (κ3) is 4.59. The molecule has 1 aromatic heterocycles. The molecule has 2 N–H and O–H groups in total. The lowest BCUT2D eigenvalue weighted by molar-refractivity contribution is 0.522. The normalized spacial score (nSPS) is 12.4. The fourth-order valence-corrected chi connectivity index (χ4v) is 4.23. The molecule has 5 nitrogen and oxygen atoms in total. The number of thioether (sulfide) groups is 1. The summed E-state index contributed by atoms with van der Waals surface area (Å²) in [5.41, 5.74) is 0.586. The van der Waals surface area contributed by atoms with Gasteiger partial charge in [-0.1, -0.05) is 13.8 Å². The molecule has 120 valence electrons. The second kappa shape index (κ2) is 8.00. The van der Waals surface area contributed by atoms with Crippen molar-refractivity contribution in [3.63, 3.8) is 0 Å². The van der Waals surface area contributed by atoms with Gasteiger partial charge in [0.25, 0.3) is 0 Å². The Hall–Kier alpha value is -0.790. The van der Waals surface area contributed by atoms with Gasteiger partial charge in [0.2, 0.25) is 10.0 Å². The molecule has 0 saturated carbocycles. The van der Waals surface area contributed by atoms with E-state index in [0.29, 0.717) is 18.8 Å². The van der Waals surface area contributed by atoms with Gasteiger partial charge in [-0.3, -0.25) is 4.98 Å². The zero-order chi connectivity index (χ0) is 15.9. The molecule has 1 aromatic rings. The maximum Gasteiger partial charge on any atom is 0.244 e. The van der Waals surface area contributed by atoms with Crippen LogP contribution in [0.25, 0.3) is 0 Å². The van der Waals surface area contributed by atoms with E-state index in [9.17, 15) is 8.42 Å². The number of nitrogens with one attached hydrogen (secondary N) is 2. The van der Waals surface area contributed by atoms with Crippen molar-refractivity contribution in [3.05, 3.63) is 18.5 Å². The highest BCUT2D eigenvalue weighted by Crippen LogP contribution is 2.30. The Morgan fingerprint density at radius 3 is 2.48 bits per heavy atom. The van der Waals surface area contributed by atoms with Crippen molar-refractivity contribution in [2.75, 3.05) is 24.7 Å². The molecule has 0 radical (unpaired) electrons. The first-order chi connectivity index (χ1) is 9.94. The number of hydrogen-bond donors (Lipinski definition) is 2. The van der Waals surface area contributed by atoms with Gasteiger partial charge in [0.05, 0.1) is 5.69 Å². The number of pyridine rings is 1. The molecule has 21 heavy (non-hydrogen) atoms.